The molecule has 0 atom stereocenters. The van der Waals surface area contributed by atoms with Crippen molar-refractivity contribution in [3.8, 4) is 24.3 Å². The molecule has 0 radical (unpaired) electrons. The summed E-state index contributed by atoms with van der Waals surface area (Å²) in [6.07, 6.45) is 0. The van der Waals surface area contributed by atoms with Crippen molar-refractivity contribution in [1.29, 1.82) is 21.0 Å². The maximum Gasteiger partial charge on any atom is 0.180 e. The van der Waals surface area contributed by atoms with Gasteiger partial charge in [-0.05, 0) is 13.8 Å². The molecule has 0 aromatic heterocycles. The monoisotopic (exact) mass is 354 g/mol. The zero-order valence-corrected chi connectivity index (χ0v) is 13.3. The van der Waals surface area contributed by atoms with E-state index in [1.54, 1.807) is 12.1 Å². The Labute approximate surface area is 145 Å². The molecule has 2 rings (SSSR count). The number of rotatable bonds is 1. The minimum atomic E-state index is -1.93. The van der Waals surface area contributed by atoms with E-state index in [-0.39, 0.29) is 27.9 Å². The van der Waals surface area contributed by atoms with Crippen molar-refractivity contribution in [2.45, 2.75) is 13.8 Å². The molecule has 1 aromatic rings. The third-order valence-corrected chi connectivity index (χ3v) is 3.76. The van der Waals surface area contributed by atoms with E-state index in [0.29, 0.717) is 0 Å². The first-order chi connectivity index (χ1) is 12.3. The van der Waals surface area contributed by atoms with Gasteiger partial charge in [-0.1, -0.05) is 0 Å². The van der Waals surface area contributed by atoms with Gasteiger partial charge in [-0.3, -0.25) is 0 Å². The molecule has 0 bridgehead atoms. The Hall–Kier alpha value is -3.88. The Morgan fingerprint density at radius 2 is 1.08 bits per heavy atom. The van der Waals surface area contributed by atoms with Crippen molar-refractivity contribution in [2.75, 3.05) is 0 Å². The molecule has 1 aliphatic carbocycles. The van der Waals surface area contributed by atoms with Crippen LogP contribution in [-0.4, -0.2) is 0 Å². The minimum absolute atomic E-state index is 0.0627. The molecular formula is C18H6F4N4. The lowest BCUT2D eigenvalue weighted by molar-refractivity contribution is 0.447. The largest absolute Gasteiger partial charge is 0.203 e. The minimum Gasteiger partial charge on any atom is -0.203 e. The van der Waals surface area contributed by atoms with E-state index >= 15 is 0 Å². The van der Waals surface area contributed by atoms with Crippen molar-refractivity contribution in [1.82, 2.24) is 0 Å². The molecule has 1 fully saturated rings. The van der Waals surface area contributed by atoms with E-state index in [2.05, 4.69) is 0 Å². The number of halogens is 4. The third-order valence-electron chi connectivity index (χ3n) is 3.76. The van der Waals surface area contributed by atoms with E-state index in [4.69, 9.17) is 15.8 Å². The highest BCUT2D eigenvalue weighted by molar-refractivity contribution is 5.99. The number of hydrogen-bond donors (Lipinski definition) is 0. The van der Waals surface area contributed by atoms with Gasteiger partial charge in [0.1, 0.15) is 17.7 Å². The lowest BCUT2D eigenvalue weighted by Crippen LogP contribution is -2.06. The Kier molecular flexibility index (Phi) is 4.65. The van der Waals surface area contributed by atoms with Gasteiger partial charge in [-0.15, -0.1) is 0 Å². The van der Waals surface area contributed by atoms with E-state index < -0.39 is 40.0 Å². The molecule has 1 saturated carbocycles. The average molecular weight is 354 g/mol. The van der Waals surface area contributed by atoms with Gasteiger partial charge >= 0.3 is 0 Å². The molecule has 0 N–H and O–H groups in total. The molecule has 0 spiro atoms. The molecule has 1 aromatic carbocycles. The highest BCUT2D eigenvalue weighted by Crippen LogP contribution is 2.53. The number of benzene rings is 1. The van der Waals surface area contributed by atoms with Gasteiger partial charge in [0.2, 0.25) is 0 Å². The predicted molar refractivity (Wildman–Crippen MR) is 80.1 cm³/mol. The lowest BCUT2D eigenvalue weighted by Gasteiger charge is -2.07. The molecule has 126 valence electrons. The molecule has 0 unspecified atom stereocenters. The smallest absolute Gasteiger partial charge is 0.180 e. The summed E-state index contributed by atoms with van der Waals surface area (Å²) >= 11 is 0. The summed E-state index contributed by atoms with van der Waals surface area (Å²) in [5, 5.41) is 36.0. The van der Waals surface area contributed by atoms with Crippen LogP contribution < -0.4 is 0 Å². The van der Waals surface area contributed by atoms with Crippen LogP contribution >= 0.6 is 0 Å². The van der Waals surface area contributed by atoms with Crippen molar-refractivity contribution in [2.24, 2.45) is 0 Å². The van der Waals surface area contributed by atoms with Crippen LogP contribution in [0.4, 0.5) is 17.6 Å². The van der Waals surface area contributed by atoms with Crippen LogP contribution in [0.1, 0.15) is 25.0 Å². The standard InChI is InChI=1S/C18H6F4N4/c1-7(3-23)11-12(8(2)4-24)13(11)9(5-25)14-17(21)15(19)10(6-26)16(20)18(14)22/h1-2H3. The SMILES string of the molecule is CC(C#N)=C1C(=C(C)C#N)C1=C(C#N)c1c(F)c(F)c(C#N)c(F)c1F. The number of allylic oxidation sites excluding steroid dienone is 6. The lowest BCUT2D eigenvalue weighted by atomic mass is 10.0. The molecule has 0 heterocycles. The first-order valence-corrected chi connectivity index (χ1v) is 6.90. The quantitative estimate of drug-likeness (QED) is 0.431. The highest BCUT2D eigenvalue weighted by atomic mass is 19.2. The third kappa shape index (κ3) is 2.51. The van der Waals surface area contributed by atoms with Crippen LogP contribution in [0.5, 0.6) is 0 Å². The van der Waals surface area contributed by atoms with Gasteiger partial charge in [-0.2, -0.15) is 21.0 Å². The predicted octanol–water partition coefficient (Wildman–Crippen LogP) is 4.09. The second kappa shape index (κ2) is 6.55. The summed E-state index contributed by atoms with van der Waals surface area (Å²) in [7, 11) is 0. The van der Waals surface area contributed by atoms with Crippen LogP contribution in [0.25, 0.3) is 5.57 Å². The molecule has 1 aliphatic rings. The van der Waals surface area contributed by atoms with Gasteiger partial charge in [0, 0.05) is 27.9 Å². The van der Waals surface area contributed by atoms with Crippen molar-refractivity contribution < 1.29 is 17.6 Å². The van der Waals surface area contributed by atoms with Crippen LogP contribution in [0.2, 0.25) is 0 Å². The zero-order valence-electron chi connectivity index (χ0n) is 13.3. The summed E-state index contributed by atoms with van der Waals surface area (Å²) in [5.74, 6) is -7.67. The summed E-state index contributed by atoms with van der Waals surface area (Å²) in [6, 6.07) is 6.04. The first-order valence-electron chi connectivity index (χ1n) is 6.90. The molecule has 26 heavy (non-hydrogen) atoms. The van der Waals surface area contributed by atoms with Gasteiger partial charge in [0.15, 0.2) is 23.3 Å². The molecular weight excluding hydrogens is 348 g/mol. The fourth-order valence-electron chi connectivity index (χ4n) is 2.49. The van der Waals surface area contributed by atoms with Crippen LogP contribution in [0, 0.1) is 68.6 Å². The Bertz CT molecular complexity index is 1060. The van der Waals surface area contributed by atoms with E-state index in [1.165, 1.54) is 19.9 Å². The van der Waals surface area contributed by atoms with Crippen LogP contribution in [-0.2, 0) is 0 Å². The van der Waals surface area contributed by atoms with Gasteiger partial charge in [0.25, 0.3) is 0 Å². The average Bonchev–Trinajstić information content (AvgIpc) is 3.37. The molecule has 0 amide bonds. The number of nitrogens with zero attached hydrogens (tertiary/aromatic N) is 4. The molecule has 8 heteroatoms. The van der Waals surface area contributed by atoms with E-state index in [9.17, 15) is 22.8 Å². The number of nitriles is 4. The van der Waals surface area contributed by atoms with Crippen molar-refractivity contribution in [3.05, 3.63) is 62.3 Å². The highest BCUT2D eigenvalue weighted by Gasteiger charge is 2.40. The second-order valence-corrected chi connectivity index (χ2v) is 5.20. The molecule has 0 saturated heterocycles. The summed E-state index contributed by atoms with van der Waals surface area (Å²) in [5.41, 5.74) is -3.28. The zero-order chi connectivity index (χ0) is 19.8. The maximum absolute atomic E-state index is 14.3. The van der Waals surface area contributed by atoms with Crippen molar-refractivity contribution >= 4 is 5.57 Å². The van der Waals surface area contributed by atoms with Gasteiger partial charge in [-0.25, -0.2) is 17.6 Å². The fourth-order valence-corrected chi connectivity index (χ4v) is 2.49. The molecule has 4 nitrogen and oxygen atoms in total. The van der Waals surface area contributed by atoms with Gasteiger partial charge in [0.05, 0.1) is 23.3 Å². The summed E-state index contributed by atoms with van der Waals surface area (Å²) in [6.45, 7) is 2.71. The van der Waals surface area contributed by atoms with Crippen LogP contribution in [0.15, 0.2) is 27.9 Å². The molecule has 0 aliphatic heterocycles. The summed E-state index contributed by atoms with van der Waals surface area (Å²) in [4.78, 5) is 0. The van der Waals surface area contributed by atoms with Gasteiger partial charge < -0.3 is 0 Å². The van der Waals surface area contributed by atoms with E-state index in [1.807, 2.05) is 0 Å². The van der Waals surface area contributed by atoms with E-state index in [0.717, 1.165) is 6.07 Å². The van der Waals surface area contributed by atoms with Crippen molar-refractivity contribution in [3.63, 3.8) is 0 Å². The topological polar surface area (TPSA) is 95.2 Å². The Morgan fingerprint density at radius 1 is 0.654 bits per heavy atom. The summed E-state index contributed by atoms with van der Waals surface area (Å²) < 4.78 is 56.2. The maximum atomic E-state index is 14.3. The fraction of sp³-hybridized carbons (Fsp3) is 0.111. The first kappa shape index (κ1) is 18.5. The van der Waals surface area contributed by atoms with Crippen LogP contribution in [0.3, 0.4) is 0 Å². The second-order valence-electron chi connectivity index (χ2n) is 5.20. The normalized spacial score (nSPS) is 16.0. The Balaban J connectivity index is 3.01. The Morgan fingerprint density at radius 3 is 1.38 bits per heavy atom. The number of hydrogen-bond acceptors (Lipinski definition) is 4.